The molecule has 0 radical (unpaired) electrons. The first-order valence-electron chi connectivity index (χ1n) is 5.73. The quantitative estimate of drug-likeness (QED) is 0.574. The molecule has 0 aliphatic rings. The number of aromatic nitrogens is 2. The topological polar surface area (TPSA) is 98.0 Å². The molecule has 0 saturated heterocycles. The molecule has 6 nitrogen and oxygen atoms in total. The molecule has 1 aromatic rings. The van der Waals surface area contributed by atoms with E-state index in [2.05, 4.69) is 15.3 Å². The van der Waals surface area contributed by atoms with Gasteiger partial charge >= 0.3 is 5.69 Å². The largest absolute Gasteiger partial charge is 0.396 e. The monoisotopic (exact) mass is 241 g/mol. The number of aliphatic hydroxyl groups excluding tert-OH is 1. The molecule has 1 aromatic heterocycles. The van der Waals surface area contributed by atoms with Gasteiger partial charge in [0.05, 0.1) is 6.61 Å². The number of hydrogen-bond donors (Lipinski definition) is 4. The molecule has 17 heavy (non-hydrogen) atoms. The molecule has 0 atom stereocenters. The SMILES string of the molecule is CCC(CC)(CO)CNC(=O)c1c[nH]c(=O)[nH]1. The van der Waals surface area contributed by atoms with E-state index in [1.807, 2.05) is 13.8 Å². The molecule has 0 bridgehead atoms. The van der Waals surface area contributed by atoms with E-state index in [9.17, 15) is 14.7 Å². The summed E-state index contributed by atoms with van der Waals surface area (Å²) < 4.78 is 0. The molecule has 0 fully saturated rings. The molecule has 0 spiro atoms. The van der Waals surface area contributed by atoms with Crippen LogP contribution in [0.1, 0.15) is 37.2 Å². The highest BCUT2D eigenvalue weighted by molar-refractivity contribution is 5.91. The third-order valence-corrected chi connectivity index (χ3v) is 3.30. The molecule has 1 amide bonds. The van der Waals surface area contributed by atoms with E-state index >= 15 is 0 Å². The van der Waals surface area contributed by atoms with Crippen molar-refractivity contribution in [1.82, 2.24) is 15.3 Å². The number of carbonyl (C=O) groups is 1. The molecule has 1 heterocycles. The third-order valence-electron chi connectivity index (χ3n) is 3.30. The molecule has 4 N–H and O–H groups in total. The van der Waals surface area contributed by atoms with Crippen LogP contribution < -0.4 is 11.0 Å². The highest BCUT2D eigenvalue weighted by atomic mass is 16.3. The van der Waals surface area contributed by atoms with Gasteiger partial charge in [0.1, 0.15) is 5.69 Å². The number of hydrogen-bond acceptors (Lipinski definition) is 3. The third kappa shape index (κ3) is 3.20. The zero-order valence-corrected chi connectivity index (χ0v) is 10.2. The molecule has 0 unspecified atom stereocenters. The Morgan fingerprint density at radius 3 is 2.53 bits per heavy atom. The first-order chi connectivity index (χ1) is 8.06. The van der Waals surface area contributed by atoms with Crippen molar-refractivity contribution in [1.29, 1.82) is 0 Å². The van der Waals surface area contributed by atoms with E-state index in [1.54, 1.807) is 0 Å². The fourth-order valence-electron chi connectivity index (χ4n) is 1.60. The van der Waals surface area contributed by atoms with E-state index < -0.39 is 5.69 Å². The van der Waals surface area contributed by atoms with Gasteiger partial charge < -0.3 is 20.4 Å². The van der Waals surface area contributed by atoms with Gasteiger partial charge in [-0.1, -0.05) is 13.8 Å². The molecule has 6 heteroatoms. The van der Waals surface area contributed by atoms with Crippen LogP contribution in [0, 0.1) is 5.41 Å². The van der Waals surface area contributed by atoms with Crippen LogP contribution in [0.4, 0.5) is 0 Å². The van der Waals surface area contributed by atoms with Crippen LogP contribution in [0.2, 0.25) is 0 Å². The Hall–Kier alpha value is -1.56. The lowest BCUT2D eigenvalue weighted by atomic mass is 9.83. The number of H-pyrrole nitrogens is 2. The predicted octanol–water partition coefficient (Wildman–Crippen LogP) is 0.231. The molecule has 0 aliphatic heterocycles. The Labute approximate surface area is 99.4 Å². The molecule has 0 saturated carbocycles. The van der Waals surface area contributed by atoms with Crippen LogP contribution in [0.25, 0.3) is 0 Å². The first-order valence-corrected chi connectivity index (χ1v) is 5.73. The van der Waals surface area contributed by atoms with Gasteiger partial charge in [0, 0.05) is 18.2 Å². The Kier molecular flexibility index (Phi) is 4.51. The minimum absolute atomic E-state index is 0.0317. The van der Waals surface area contributed by atoms with Crippen LogP contribution in [0.3, 0.4) is 0 Å². The lowest BCUT2D eigenvalue weighted by Crippen LogP contribution is -2.39. The maximum atomic E-state index is 11.7. The average Bonchev–Trinajstić information content (AvgIpc) is 2.78. The van der Waals surface area contributed by atoms with Crippen molar-refractivity contribution >= 4 is 5.91 Å². The van der Waals surface area contributed by atoms with Crippen LogP contribution in [-0.2, 0) is 0 Å². The van der Waals surface area contributed by atoms with Gasteiger partial charge in [-0.3, -0.25) is 4.79 Å². The normalized spacial score (nSPS) is 11.5. The van der Waals surface area contributed by atoms with Crippen molar-refractivity contribution in [2.45, 2.75) is 26.7 Å². The standard InChI is InChI=1S/C11H19N3O3/c1-3-11(4-2,7-15)6-13-9(16)8-5-12-10(17)14-8/h5,15H,3-4,6-7H2,1-2H3,(H,13,16)(H2,12,14,17). The van der Waals surface area contributed by atoms with Crippen LogP contribution >= 0.6 is 0 Å². The minimum atomic E-state index is -0.408. The zero-order valence-electron chi connectivity index (χ0n) is 10.2. The van der Waals surface area contributed by atoms with Crippen molar-refractivity contribution < 1.29 is 9.90 Å². The smallest absolute Gasteiger partial charge is 0.323 e. The van der Waals surface area contributed by atoms with Gasteiger partial charge in [-0.25, -0.2) is 4.79 Å². The van der Waals surface area contributed by atoms with Crippen LogP contribution in [0.15, 0.2) is 11.0 Å². The summed E-state index contributed by atoms with van der Waals surface area (Å²) in [6.07, 6.45) is 2.89. The fraction of sp³-hybridized carbons (Fsp3) is 0.636. The number of aliphatic hydroxyl groups is 1. The summed E-state index contributed by atoms with van der Waals surface area (Å²) >= 11 is 0. The summed E-state index contributed by atoms with van der Waals surface area (Å²) in [4.78, 5) is 27.3. The predicted molar refractivity (Wildman–Crippen MR) is 63.8 cm³/mol. The van der Waals surface area contributed by atoms with E-state index in [0.717, 1.165) is 12.8 Å². The maximum absolute atomic E-state index is 11.7. The Bertz CT molecular complexity index is 409. The summed E-state index contributed by atoms with van der Waals surface area (Å²) in [7, 11) is 0. The molecule has 1 rings (SSSR count). The first kappa shape index (κ1) is 13.5. The number of carbonyl (C=O) groups excluding carboxylic acids is 1. The number of imidazole rings is 1. The summed E-state index contributed by atoms with van der Waals surface area (Å²) in [5.74, 6) is -0.344. The Morgan fingerprint density at radius 2 is 2.12 bits per heavy atom. The highest BCUT2D eigenvalue weighted by Crippen LogP contribution is 2.24. The second-order valence-corrected chi connectivity index (χ2v) is 4.20. The molecule has 96 valence electrons. The number of rotatable bonds is 6. The molecular formula is C11H19N3O3. The Balaban J connectivity index is 2.61. The van der Waals surface area contributed by atoms with E-state index in [4.69, 9.17) is 0 Å². The van der Waals surface area contributed by atoms with Crippen molar-refractivity contribution in [3.05, 3.63) is 22.4 Å². The lowest BCUT2D eigenvalue weighted by molar-refractivity contribution is 0.0847. The van der Waals surface area contributed by atoms with Gasteiger partial charge in [-0.05, 0) is 12.8 Å². The average molecular weight is 241 g/mol. The molecule has 0 aliphatic carbocycles. The van der Waals surface area contributed by atoms with Gasteiger partial charge in [-0.2, -0.15) is 0 Å². The summed E-state index contributed by atoms with van der Waals surface area (Å²) in [5.41, 5.74) is -0.490. The van der Waals surface area contributed by atoms with Crippen molar-refractivity contribution in [2.24, 2.45) is 5.41 Å². The maximum Gasteiger partial charge on any atom is 0.323 e. The highest BCUT2D eigenvalue weighted by Gasteiger charge is 2.26. The van der Waals surface area contributed by atoms with E-state index in [0.29, 0.717) is 6.54 Å². The molecule has 0 aromatic carbocycles. The van der Waals surface area contributed by atoms with E-state index in [1.165, 1.54) is 6.20 Å². The fourth-order valence-corrected chi connectivity index (χ4v) is 1.60. The van der Waals surface area contributed by atoms with E-state index in [-0.39, 0.29) is 23.6 Å². The van der Waals surface area contributed by atoms with Crippen molar-refractivity contribution in [3.63, 3.8) is 0 Å². The van der Waals surface area contributed by atoms with Gasteiger partial charge in [0.15, 0.2) is 0 Å². The minimum Gasteiger partial charge on any atom is -0.396 e. The van der Waals surface area contributed by atoms with Gasteiger partial charge in [0.2, 0.25) is 0 Å². The number of aromatic amines is 2. The summed E-state index contributed by atoms with van der Waals surface area (Å²) in [5, 5.41) is 12.1. The van der Waals surface area contributed by atoms with Gasteiger partial charge in [-0.15, -0.1) is 0 Å². The Morgan fingerprint density at radius 1 is 1.47 bits per heavy atom. The summed E-state index contributed by atoms with van der Waals surface area (Å²) in [6.45, 7) is 4.38. The van der Waals surface area contributed by atoms with Crippen LogP contribution in [-0.4, -0.2) is 34.1 Å². The molecular weight excluding hydrogens is 222 g/mol. The van der Waals surface area contributed by atoms with Crippen molar-refractivity contribution in [3.8, 4) is 0 Å². The number of nitrogens with one attached hydrogen (secondary N) is 3. The van der Waals surface area contributed by atoms with Gasteiger partial charge in [0.25, 0.3) is 5.91 Å². The lowest BCUT2D eigenvalue weighted by Gasteiger charge is -2.29. The summed E-state index contributed by atoms with van der Waals surface area (Å²) in [6, 6.07) is 0. The van der Waals surface area contributed by atoms with Crippen molar-refractivity contribution in [2.75, 3.05) is 13.2 Å². The second-order valence-electron chi connectivity index (χ2n) is 4.20. The second kappa shape index (κ2) is 5.67. The zero-order chi connectivity index (χ0) is 12.9. The van der Waals surface area contributed by atoms with Crippen LogP contribution in [0.5, 0.6) is 0 Å². The number of amides is 1.